The second-order valence-corrected chi connectivity index (χ2v) is 7.96. The number of rotatable bonds is 2. The van der Waals surface area contributed by atoms with E-state index in [1.165, 1.54) is 11.3 Å². The lowest BCUT2D eigenvalue weighted by atomic mass is 9.93. The second-order valence-electron chi connectivity index (χ2n) is 7.18. The monoisotopic (exact) mass is 391 g/mol. The van der Waals surface area contributed by atoms with Gasteiger partial charge in [0.2, 0.25) is 5.91 Å². The summed E-state index contributed by atoms with van der Waals surface area (Å²) in [6.07, 6.45) is 0.695. The van der Waals surface area contributed by atoms with Gasteiger partial charge in [0.15, 0.2) is 0 Å². The van der Waals surface area contributed by atoms with E-state index in [-0.39, 0.29) is 23.6 Å². The third-order valence-corrected chi connectivity index (χ3v) is 6.15. The van der Waals surface area contributed by atoms with Crippen molar-refractivity contribution >= 4 is 28.8 Å². The summed E-state index contributed by atoms with van der Waals surface area (Å²) in [6, 6.07) is 4.78. The Morgan fingerprint density at radius 2 is 1.93 bits per heavy atom. The van der Waals surface area contributed by atoms with E-state index in [1.807, 2.05) is 28.8 Å². The first-order chi connectivity index (χ1) is 12.9. The normalized spacial score (nSPS) is 23.4. The van der Waals surface area contributed by atoms with Crippen molar-refractivity contribution in [3.05, 3.63) is 52.2 Å². The molecule has 2 saturated heterocycles. The number of halogens is 2. The van der Waals surface area contributed by atoms with Crippen molar-refractivity contribution in [2.75, 3.05) is 38.1 Å². The highest BCUT2D eigenvalue weighted by Gasteiger charge is 2.48. The summed E-state index contributed by atoms with van der Waals surface area (Å²) in [5.41, 5.74) is 0.514. The lowest BCUT2D eigenvalue weighted by molar-refractivity contribution is -0.123. The molecule has 3 heterocycles. The fraction of sp³-hybridized carbons (Fsp3) is 0.368. The van der Waals surface area contributed by atoms with Gasteiger partial charge in [-0.1, -0.05) is 0 Å². The van der Waals surface area contributed by atoms with E-state index in [0.717, 1.165) is 23.9 Å². The van der Waals surface area contributed by atoms with Gasteiger partial charge in [0, 0.05) is 36.6 Å². The van der Waals surface area contributed by atoms with Crippen molar-refractivity contribution in [3.63, 3.8) is 0 Å². The van der Waals surface area contributed by atoms with Crippen molar-refractivity contribution in [3.8, 4) is 0 Å². The van der Waals surface area contributed by atoms with E-state index in [9.17, 15) is 18.4 Å². The highest BCUT2D eigenvalue weighted by Crippen LogP contribution is 2.34. The molecule has 5 nitrogen and oxygen atoms in total. The molecule has 0 saturated carbocycles. The van der Waals surface area contributed by atoms with Crippen LogP contribution in [0.4, 0.5) is 14.5 Å². The molecule has 1 spiro atoms. The van der Waals surface area contributed by atoms with Crippen molar-refractivity contribution in [2.45, 2.75) is 12.0 Å². The van der Waals surface area contributed by atoms with Crippen LogP contribution < -0.4 is 4.90 Å². The van der Waals surface area contributed by atoms with Gasteiger partial charge >= 0.3 is 0 Å². The number of piperazine rings is 1. The zero-order valence-corrected chi connectivity index (χ0v) is 15.6. The van der Waals surface area contributed by atoms with Crippen LogP contribution in [0, 0.1) is 11.6 Å². The highest BCUT2D eigenvalue weighted by atomic mass is 32.1. The molecule has 2 amide bonds. The first-order valence-electron chi connectivity index (χ1n) is 8.67. The van der Waals surface area contributed by atoms with Crippen molar-refractivity contribution in [1.82, 2.24) is 9.80 Å². The molecule has 2 aliphatic heterocycles. The molecule has 8 heteroatoms. The van der Waals surface area contributed by atoms with Gasteiger partial charge in [-0.25, -0.2) is 8.78 Å². The molecule has 0 unspecified atom stereocenters. The smallest absolute Gasteiger partial charge is 0.254 e. The van der Waals surface area contributed by atoms with Crippen LogP contribution in [0.15, 0.2) is 35.0 Å². The second kappa shape index (κ2) is 6.69. The highest BCUT2D eigenvalue weighted by molar-refractivity contribution is 7.08. The molecule has 1 aromatic heterocycles. The summed E-state index contributed by atoms with van der Waals surface area (Å²) in [6.45, 7) is 1.65. The molecule has 2 aliphatic rings. The lowest BCUT2D eigenvalue weighted by Crippen LogP contribution is -2.64. The fourth-order valence-electron chi connectivity index (χ4n) is 3.94. The minimum absolute atomic E-state index is 0.00813. The Morgan fingerprint density at radius 1 is 1.19 bits per heavy atom. The fourth-order valence-corrected chi connectivity index (χ4v) is 4.58. The van der Waals surface area contributed by atoms with Crippen LogP contribution in [0.2, 0.25) is 0 Å². The first-order valence-corrected chi connectivity index (χ1v) is 9.61. The molecule has 27 heavy (non-hydrogen) atoms. The summed E-state index contributed by atoms with van der Waals surface area (Å²) in [5, 5.41) is 3.86. The Kier molecular flexibility index (Phi) is 4.47. The van der Waals surface area contributed by atoms with Gasteiger partial charge in [-0.15, -0.1) is 0 Å². The molecule has 0 aliphatic carbocycles. The summed E-state index contributed by atoms with van der Waals surface area (Å²) >= 11 is 1.53. The number of carbonyl (C=O) groups excluding carboxylic acids is 2. The molecule has 0 N–H and O–H groups in total. The van der Waals surface area contributed by atoms with E-state index in [2.05, 4.69) is 0 Å². The van der Waals surface area contributed by atoms with Crippen molar-refractivity contribution in [2.24, 2.45) is 0 Å². The van der Waals surface area contributed by atoms with Gasteiger partial charge in [0.25, 0.3) is 5.91 Å². The Hall–Kier alpha value is -2.32. The molecular weight excluding hydrogens is 372 g/mol. The van der Waals surface area contributed by atoms with Gasteiger partial charge in [0.1, 0.15) is 11.6 Å². The Balaban J connectivity index is 1.56. The Labute approximate surface area is 159 Å². The summed E-state index contributed by atoms with van der Waals surface area (Å²) < 4.78 is 26.9. The number of benzene rings is 1. The number of likely N-dealkylation sites (tertiary alicyclic amines) is 1. The number of amides is 2. The number of hydrogen-bond acceptors (Lipinski definition) is 4. The molecule has 0 bridgehead atoms. The third kappa shape index (κ3) is 3.23. The molecule has 4 rings (SSSR count). The average molecular weight is 391 g/mol. The van der Waals surface area contributed by atoms with Gasteiger partial charge in [-0.3, -0.25) is 14.5 Å². The zero-order valence-electron chi connectivity index (χ0n) is 14.8. The minimum Gasteiger partial charge on any atom is -0.337 e. The largest absolute Gasteiger partial charge is 0.337 e. The van der Waals surface area contributed by atoms with Gasteiger partial charge in [-0.05, 0) is 37.0 Å². The van der Waals surface area contributed by atoms with Crippen molar-refractivity contribution in [1.29, 1.82) is 0 Å². The van der Waals surface area contributed by atoms with Gasteiger partial charge in [-0.2, -0.15) is 11.3 Å². The molecule has 2 aromatic rings. The SMILES string of the molecule is CN1CC(=O)N(c2ccsc2)C[C@@]12CCN(C(=O)c1cc(F)cc(F)c1)C2. The Morgan fingerprint density at radius 3 is 2.59 bits per heavy atom. The number of nitrogens with zero attached hydrogens (tertiary/aromatic N) is 3. The maximum absolute atomic E-state index is 13.5. The molecule has 1 aromatic carbocycles. The molecule has 2 fully saturated rings. The van der Waals surface area contributed by atoms with E-state index >= 15 is 0 Å². The zero-order chi connectivity index (χ0) is 19.2. The minimum atomic E-state index is -0.767. The molecule has 0 radical (unpaired) electrons. The molecule has 1 atom stereocenters. The summed E-state index contributed by atoms with van der Waals surface area (Å²) in [4.78, 5) is 30.6. The van der Waals surface area contributed by atoms with Crippen molar-refractivity contribution < 1.29 is 18.4 Å². The molecule has 142 valence electrons. The van der Waals surface area contributed by atoms with Crippen LogP contribution in [-0.4, -0.2) is 60.4 Å². The van der Waals surface area contributed by atoms with Crippen LogP contribution in [-0.2, 0) is 4.79 Å². The maximum Gasteiger partial charge on any atom is 0.254 e. The maximum atomic E-state index is 13.5. The van der Waals surface area contributed by atoms with Gasteiger partial charge < -0.3 is 9.80 Å². The van der Waals surface area contributed by atoms with E-state index in [1.54, 1.807) is 9.80 Å². The lowest BCUT2D eigenvalue weighted by Gasteiger charge is -2.46. The number of carbonyl (C=O) groups is 2. The average Bonchev–Trinajstić information content (AvgIpc) is 3.28. The van der Waals surface area contributed by atoms with Crippen LogP contribution in [0.1, 0.15) is 16.8 Å². The van der Waals surface area contributed by atoms with Gasteiger partial charge in [0.05, 0.1) is 17.8 Å². The quantitative estimate of drug-likeness (QED) is 0.791. The van der Waals surface area contributed by atoms with Crippen LogP contribution in [0.25, 0.3) is 0 Å². The van der Waals surface area contributed by atoms with Crippen LogP contribution in [0.5, 0.6) is 0 Å². The predicted molar refractivity (Wildman–Crippen MR) is 98.9 cm³/mol. The number of hydrogen-bond donors (Lipinski definition) is 0. The summed E-state index contributed by atoms with van der Waals surface area (Å²) in [7, 11) is 1.89. The topological polar surface area (TPSA) is 43.9 Å². The summed E-state index contributed by atoms with van der Waals surface area (Å²) in [5.74, 6) is -1.90. The third-order valence-electron chi connectivity index (χ3n) is 5.48. The van der Waals surface area contributed by atoms with Crippen LogP contribution >= 0.6 is 11.3 Å². The number of anilines is 1. The standard InChI is InChI=1S/C19H19F2N3O2S/c1-22-9-17(25)24(16-2-5-27-10-16)12-19(22)3-4-23(11-19)18(26)13-6-14(20)8-15(21)7-13/h2,5-8,10H,3-4,9,11-12H2,1H3/t19-/m0/s1. The number of likely N-dealkylation sites (N-methyl/N-ethyl adjacent to an activating group) is 1. The Bertz CT molecular complexity index is 869. The molecular formula is C19H19F2N3O2S. The van der Waals surface area contributed by atoms with E-state index in [4.69, 9.17) is 0 Å². The number of thiophene rings is 1. The predicted octanol–water partition coefficient (Wildman–Crippen LogP) is 2.59. The first kappa shape index (κ1) is 18.1. The van der Waals surface area contributed by atoms with E-state index in [0.29, 0.717) is 26.1 Å². The van der Waals surface area contributed by atoms with Crippen LogP contribution in [0.3, 0.4) is 0 Å². The van der Waals surface area contributed by atoms with E-state index < -0.39 is 17.5 Å².